The van der Waals surface area contributed by atoms with Crippen LogP contribution < -0.4 is 5.32 Å². The van der Waals surface area contributed by atoms with E-state index in [2.05, 4.69) is 5.32 Å². The SMILES string of the molecule is CCC1NC(=O)C(C)N(Cc2ccc(F)c(F)c2)C1=O. The van der Waals surface area contributed by atoms with Crippen molar-refractivity contribution in [2.24, 2.45) is 0 Å². The Balaban J connectivity index is 2.22. The van der Waals surface area contributed by atoms with E-state index in [9.17, 15) is 18.4 Å². The molecule has 0 aromatic heterocycles. The molecule has 2 atom stereocenters. The molecule has 0 aliphatic carbocycles. The Labute approximate surface area is 115 Å². The quantitative estimate of drug-likeness (QED) is 0.915. The summed E-state index contributed by atoms with van der Waals surface area (Å²) in [7, 11) is 0. The van der Waals surface area contributed by atoms with E-state index in [0.29, 0.717) is 12.0 Å². The number of carbonyl (C=O) groups is 2. The Morgan fingerprint density at radius 2 is 1.95 bits per heavy atom. The smallest absolute Gasteiger partial charge is 0.246 e. The number of benzene rings is 1. The van der Waals surface area contributed by atoms with Gasteiger partial charge in [0.05, 0.1) is 0 Å². The predicted octanol–water partition coefficient (Wildman–Crippen LogP) is 1.59. The summed E-state index contributed by atoms with van der Waals surface area (Å²) >= 11 is 0. The van der Waals surface area contributed by atoms with Crippen LogP contribution in [0, 0.1) is 11.6 Å². The third kappa shape index (κ3) is 2.64. The maximum atomic E-state index is 13.2. The third-order valence-electron chi connectivity index (χ3n) is 3.49. The van der Waals surface area contributed by atoms with Gasteiger partial charge in [-0.15, -0.1) is 0 Å². The molecule has 0 radical (unpaired) electrons. The van der Waals surface area contributed by atoms with Crippen molar-refractivity contribution in [2.45, 2.75) is 38.9 Å². The Morgan fingerprint density at radius 1 is 1.25 bits per heavy atom. The summed E-state index contributed by atoms with van der Waals surface area (Å²) in [5.74, 6) is -2.34. The lowest BCUT2D eigenvalue weighted by Crippen LogP contribution is -2.61. The molecular formula is C14H16F2N2O2. The van der Waals surface area contributed by atoms with Gasteiger partial charge in [-0.05, 0) is 31.0 Å². The molecule has 1 aromatic carbocycles. The molecule has 1 N–H and O–H groups in total. The van der Waals surface area contributed by atoms with Gasteiger partial charge in [-0.3, -0.25) is 9.59 Å². The summed E-state index contributed by atoms with van der Waals surface area (Å²) in [5, 5.41) is 2.64. The van der Waals surface area contributed by atoms with E-state index in [0.717, 1.165) is 12.1 Å². The van der Waals surface area contributed by atoms with Crippen LogP contribution in [0.15, 0.2) is 18.2 Å². The molecule has 1 fully saturated rings. The van der Waals surface area contributed by atoms with Crippen molar-refractivity contribution < 1.29 is 18.4 Å². The fraction of sp³-hybridized carbons (Fsp3) is 0.429. The number of nitrogens with one attached hydrogen (secondary N) is 1. The lowest BCUT2D eigenvalue weighted by atomic mass is 10.0. The maximum Gasteiger partial charge on any atom is 0.246 e. The fourth-order valence-corrected chi connectivity index (χ4v) is 2.21. The van der Waals surface area contributed by atoms with E-state index in [1.54, 1.807) is 13.8 Å². The molecule has 108 valence electrons. The summed E-state index contributed by atoms with van der Waals surface area (Å²) in [6.07, 6.45) is 0.492. The molecule has 4 nitrogen and oxygen atoms in total. The van der Waals surface area contributed by atoms with E-state index in [-0.39, 0.29) is 18.4 Å². The van der Waals surface area contributed by atoms with Crippen LogP contribution in [0.4, 0.5) is 8.78 Å². The minimum atomic E-state index is -0.962. The number of nitrogens with zero attached hydrogens (tertiary/aromatic N) is 1. The van der Waals surface area contributed by atoms with Gasteiger partial charge in [-0.1, -0.05) is 13.0 Å². The second-order valence-electron chi connectivity index (χ2n) is 4.86. The van der Waals surface area contributed by atoms with Crippen LogP contribution in [0.1, 0.15) is 25.8 Å². The topological polar surface area (TPSA) is 49.4 Å². The zero-order valence-corrected chi connectivity index (χ0v) is 11.3. The minimum Gasteiger partial charge on any atom is -0.343 e. The maximum absolute atomic E-state index is 13.2. The molecule has 2 unspecified atom stereocenters. The lowest BCUT2D eigenvalue weighted by Gasteiger charge is -2.37. The van der Waals surface area contributed by atoms with Crippen molar-refractivity contribution in [1.29, 1.82) is 0 Å². The average Bonchev–Trinajstić information content (AvgIpc) is 2.42. The standard InChI is InChI=1S/C14H16F2N2O2/c1-3-12-14(20)18(8(2)13(19)17-12)7-9-4-5-10(15)11(16)6-9/h4-6,8,12H,3,7H2,1-2H3,(H,17,19). The van der Waals surface area contributed by atoms with E-state index in [1.807, 2.05) is 0 Å². The zero-order valence-electron chi connectivity index (χ0n) is 11.3. The number of piperazine rings is 1. The summed E-state index contributed by atoms with van der Waals surface area (Å²) in [5.41, 5.74) is 0.452. The second-order valence-corrected chi connectivity index (χ2v) is 4.86. The van der Waals surface area contributed by atoms with Gasteiger partial charge < -0.3 is 10.2 Å². The normalized spacial score (nSPS) is 22.9. The highest BCUT2D eigenvalue weighted by Gasteiger charge is 2.36. The number of amides is 2. The summed E-state index contributed by atoms with van der Waals surface area (Å²) in [6, 6.07) is 2.29. The van der Waals surface area contributed by atoms with Crippen LogP contribution in [0.2, 0.25) is 0 Å². The highest BCUT2D eigenvalue weighted by Crippen LogP contribution is 2.17. The molecule has 0 bridgehead atoms. The van der Waals surface area contributed by atoms with Gasteiger partial charge in [0.15, 0.2) is 11.6 Å². The first-order valence-corrected chi connectivity index (χ1v) is 6.48. The molecule has 1 aliphatic rings. The molecule has 20 heavy (non-hydrogen) atoms. The largest absolute Gasteiger partial charge is 0.343 e. The van der Waals surface area contributed by atoms with Crippen LogP contribution in [0.5, 0.6) is 0 Å². The molecule has 1 aromatic rings. The summed E-state index contributed by atoms with van der Waals surface area (Å²) in [6.45, 7) is 3.49. The average molecular weight is 282 g/mol. The van der Waals surface area contributed by atoms with Crippen LogP contribution >= 0.6 is 0 Å². The molecule has 1 saturated heterocycles. The van der Waals surface area contributed by atoms with Crippen molar-refractivity contribution in [3.8, 4) is 0 Å². The van der Waals surface area contributed by atoms with Gasteiger partial charge in [0.2, 0.25) is 11.8 Å². The van der Waals surface area contributed by atoms with Gasteiger partial charge in [0.1, 0.15) is 12.1 Å². The van der Waals surface area contributed by atoms with Gasteiger partial charge >= 0.3 is 0 Å². The van der Waals surface area contributed by atoms with Crippen molar-refractivity contribution in [1.82, 2.24) is 10.2 Å². The zero-order chi connectivity index (χ0) is 14.9. The summed E-state index contributed by atoms with van der Waals surface area (Å²) in [4.78, 5) is 25.4. The molecule has 6 heteroatoms. The number of rotatable bonds is 3. The lowest BCUT2D eigenvalue weighted by molar-refractivity contribution is -0.149. The third-order valence-corrected chi connectivity index (χ3v) is 3.49. The van der Waals surface area contributed by atoms with Crippen LogP contribution in [-0.2, 0) is 16.1 Å². The van der Waals surface area contributed by atoms with Crippen molar-refractivity contribution in [3.05, 3.63) is 35.4 Å². The predicted molar refractivity (Wildman–Crippen MR) is 68.6 cm³/mol. The van der Waals surface area contributed by atoms with Crippen LogP contribution in [0.25, 0.3) is 0 Å². The van der Waals surface area contributed by atoms with Crippen LogP contribution in [0.3, 0.4) is 0 Å². The van der Waals surface area contributed by atoms with Crippen molar-refractivity contribution in [3.63, 3.8) is 0 Å². The second kappa shape index (κ2) is 5.56. The van der Waals surface area contributed by atoms with Gasteiger partial charge in [0.25, 0.3) is 0 Å². The van der Waals surface area contributed by atoms with Gasteiger partial charge in [-0.2, -0.15) is 0 Å². The van der Waals surface area contributed by atoms with E-state index in [4.69, 9.17) is 0 Å². The first-order valence-electron chi connectivity index (χ1n) is 6.48. The van der Waals surface area contributed by atoms with E-state index < -0.39 is 23.7 Å². The monoisotopic (exact) mass is 282 g/mol. The highest BCUT2D eigenvalue weighted by atomic mass is 19.2. The van der Waals surface area contributed by atoms with Gasteiger partial charge in [-0.25, -0.2) is 8.78 Å². The molecule has 0 spiro atoms. The molecule has 2 rings (SSSR count). The summed E-state index contributed by atoms with van der Waals surface area (Å²) < 4.78 is 26.1. The van der Waals surface area contributed by atoms with E-state index in [1.165, 1.54) is 11.0 Å². The highest BCUT2D eigenvalue weighted by molar-refractivity contribution is 5.96. The molecule has 2 amide bonds. The Bertz CT molecular complexity index is 548. The Kier molecular flexibility index (Phi) is 4.01. The molecule has 0 saturated carbocycles. The van der Waals surface area contributed by atoms with Crippen molar-refractivity contribution >= 4 is 11.8 Å². The first kappa shape index (κ1) is 14.4. The number of hydrogen-bond acceptors (Lipinski definition) is 2. The molecule has 1 heterocycles. The number of hydrogen-bond donors (Lipinski definition) is 1. The number of carbonyl (C=O) groups excluding carboxylic acids is 2. The van der Waals surface area contributed by atoms with Crippen molar-refractivity contribution in [2.75, 3.05) is 0 Å². The Morgan fingerprint density at radius 3 is 2.55 bits per heavy atom. The number of halogens is 2. The molecule has 1 aliphatic heterocycles. The van der Waals surface area contributed by atoms with Gasteiger partial charge in [0, 0.05) is 6.54 Å². The fourth-order valence-electron chi connectivity index (χ4n) is 2.21. The van der Waals surface area contributed by atoms with E-state index >= 15 is 0 Å². The Hall–Kier alpha value is -1.98. The minimum absolute atomic E-state index is 0.0844. The molecular weight excluding hydrogens is 266 g/mol. The van der Waals surface area contributed by atoms with Crippen LogP contribution in [-0.4, -0.2) is 28.8 Å². The first-order chi connectivity index (χ1) is 9.43.